The summed E-state index contributed by atoms with van der Waals surface area (Å²) in [5, 5.41) is 0. The van der Waals surface area contributed by atoms with E-state index in [-0.39, 0.29) is 0 Å². The van der Waals surface area contributed by atoms with Gasteiger partial charge in [0.05, 0.1) is 30.9 Å². The molecule has 0 spiro atoms. The van der Waals surface area contributed by atoms with Crippen molar-refractivity contribution < 1.29 is 4.74 Å². The number of methoxy groups -OCH3 is 1. The summed E-state index contributed by atoms with van der Waals surface area (Å²) in [6.07, 6.45) is 7.44. The minimum absolute atomic E-state index is 0.592. The summed E-state index contributed by atoms with van der Waals surface area (Å²) in [6, 6.07) is 12.0. The van der Waals surface area contributed by atoms with Gasteiger partial charge in [0.15, 0.2) is 5.65 Å². The lowest BCUT2D eigenvalue weighted by molar-refractivity contribution is 0.398. The molecule has 118 valence electrons. The lowest BCUT2D eigenvalue weighted by Gasteiger charge is -2.07. The summed E-state index contributed by atoms with van der Waals surface area (Å²) in [6.45, 7) is 2.09. The Hall–Kier alpha value is -3.21. The average molecular weight is 316 g/mol. The van der Waals surface area contributed by atoms with Crippen LogP contribution in [0.15, 0.2) is 61.2 Å². The predicted octanol–water partition coefficient (Wildman–Crippen LogP) is 3.78. The molecule has 1 aromatic carbocycles. The molecule has 5 nitrogen and oxygen atoms in total. The van der Waals surface area contributed by atoms with Crippen molar-refractivity contribution in [3.63, 3.8) is 0 Å². The number of ether oxygens (including phenoxy) is 1. The Bertz CT molecular complexity index is 1010. The second-order valence-corrected chi connectivity index (χ2v) is 5.55. The molecule has 0 aliphatic heterocycles. The van der Waals surface area contributed by atoms with Crippen molar-refractivity contribution in [2.24, 2.45) is 0 Å². The van der Waals surface area contributed by atoms with Crippen LogP contribution in [-0.2, 0) is 0 Å². The van der Waals surface area contributed by atoms with Crippen molar-refractivity contribution in [3.05, 3.63) is 66.7 Å². The average Bonchev–Trinajstić information content (AvgIpc) is 3.05. The van der Waals surface area contributed by atoms with E-state index < -0.39 is 0 Å². The number of aryl methyl sites for hydroxylation is 1. The highest BCUT2D eigenvalue weighted by atomic mass is 16.5. The number of fused-ring (bicyclic) bond motifs is 1. The zero-order valence-electron chi connectivity index (χ0n) is 13.5. The van der Waals surface area contributed by atoms with E-state index in [4.69, 9.17) is 4.74 Å². The van der Waals surface area contributed by atoms with Crippen LogP contribution < -0.4 is 4.74 Å². The van der Waals surface area contributed by atoms with E-state index in [0.717, 1.165) is 28.2 Å². The molecule has 0 bridgehead atoms. The number of hydrogen-bond donors (Lipinski definition) is 0. The second-order valence-electron chi connectivity index (χ2n) is 5.55. The number of pyridine rings is 1. The van der Waals surface area contributed by atoms with Gasteiger partial charge in [-0.2, -0.15) is 0 Å². The van der Waals surface area contributed by atoms with Gasteiger partial charge in [0.1, 0.15) is 0 Å². The van der Waals surface area contributed by atoms with Crippen LogP contribution in [0, 0.1) is 6.92 Å². The second kappa shape index (κ2) is 5.77. The molecule has 0 saturated carbocycles. The molecule has 0 atom stereocenters. The highest BCUT2D eigenvalue weighted by Crippen LogP contribution is 2.25. The van der Waals surface area contributed by atoms with Crippen LogP contribution in [0.3, 0.4) is 0 Å². The Kier molecular flexibility index (Phi) is 3.46. The zero-order chi connectivity index (χ0) is 16.5. The Labute approximate surface area is 139 Å². The van der Waals surface area contributed by atoms with Gasteiger partial charge in [0, 0.05) is 29.6 Å². The topological polar surface area (TPSA) is 52.3 Å². The summed E-state index contributed by atoms with van der Waals surface area (Å²) in [5.41, 5.74) is 5.98. The highest BCUT2D eigenvalue weighted by Gasteiger charge is 2.10. The zero-order valence-corrected chi connectivity index (χ0v) is 13.5. The molecule has 0 aliphatic rings. The van der Waals surface area contributed by atoms with Crippen molar-refractivity contribution in [1.29, 1.82) is 0 Å². The van der Waals surface area contributed by atoms with Crippen molar-refractivity contribution in [2.75, 3.05) is 7.11 Å². The van der Waals surface area contributed by atoms with Gasteiger partial charge in [0.25, 0.3) is 0 Å². The molecule has 0 N–H and O–H groups in total. The third kappa shape index (κ3) is 2.40. The molecule has 4 aromatic rings. The van der Waals surface area contributed by atoms with Gasteiger partial charge >= 0.3 is 0 Å². The summed E-state index contributed by atoms with van der Waals surface area (Å²) in [5.74, 6) is 0.592. The Morgan fingerprint density at radius 3 is 2.54 bits per heavy atom. The minimum atomic E-state index is 0.592. The normalized spacial score (nSPS) is 10.9. The van der Waals surface area contributed by atoms with Crippen LogP contribution in [0.4, 0.5) is 0 Å². The predicted molar refractivity (Wildman–Crippen MR) is 92.9 cm³/mol. The van der Waals surface area contributed by atoms with Crippen LogP contribution in [0.25, 0.3) is 28.2 Å². The largest absolute Gasteiger partial charge is 0.481 e. The van der Waals surface area contributed by atoms with Crippen LogP contribution in [0.1, 0.15) is 5.56 Å². The fraction of sp³-hybridized carbons (Fsp3) is 0.105. The van der Waals surface area contributed by atoms with E-state index in [9.17, 15) is 0 Å². The number of rotatable bonds is 3. The molecule has 3 aromatic heterocycles. The number of nitrogens with zero attached hydrogens (tertiary/aromatic N) is 4. The summed E-state index contributed by atoms with van der Waals surface area (Å²) in [4.78, 5) is 13.3. The first-order valence-corrected chi connectivity index (χ1v) is 7.66. The van der Waals surface area contributed by atoms with Gasteiger partial charge in [-0.05, 0) is 18.6 Å². The number of hydrogen-bond acceptors (Lipinski definition) is 4. The molecule has 24 heavy (non-hydrogen) atoms. The quantitative estimate of drug-likeness (QED) is 0.577. The molecule has 0 fully saturated rings. The van der Waals surface area contributed by atoms with Gasteiger partial charge in [-0.15, -0.1) is 0 Å². The summed E-state index contributed by atoms with van der Waals surface area (Å²) < 4.78 is 7.16. The smallest absolute Gasteiger partial charge is 0.212 e. The lowest BCUT2D eigenvalue weighted by Crippen LogP contribution is -1.94. The molecule has 0 saturated heterocycles. The van der Waals surface area contributed by atoms with Crippen LogP contribution >= 0.6 is 0 Å². The SMILES string of the molecule is COc1ccc(-c2cnc3cnc(-c4ccccc4C)cn23)cn1. The molecule has 0 aliphatic carbocycles. The van der Waals surface area contributed by atoms with Gasteiger partial charge in [0.2, 0.25) is 5.88 Å². The fourth-order valence-corrected chi connectivity index (χ4v) is 2.75. The molecule has 0 unspecified atom stereocenters. The molecular weight excluding hydrogens is 300 g/mol. The first-order valence-electron chi connectivity index (χ1n) is 7.66. The number of benzene rings is 1. The minimum Gasteiger partial charge on any atom is -0.481 e. The number of imidazole rings is 1. The van der Waals surface area contributed by atoms with Crippen LogP contribution in [-0.4, -0.2) is 26.5 Å². The molecule has 5 heteroatoms. The van der Waals surface area contributed by atoms with E-state index >= 15 is 0 Å². The van der Waals surface area contributed by atoms with Gasteiger partial charge in [-0.3, -0.25) is 9.38 Å². The van der Waals surface area contributed by atoms with Crippen molar-refractivity contribution in [2.45, 2.75) is 6.92 Å². The number of aromatic nitrogens is 4. The maximum atomic E-state index is 5.12. The van der Waals surface area contributed by atoms with Crippen molar-refractivity contribution in [1.82, 2.24) is 19.4 Å². The van der Waals surface area contributed by atoms with Crippen LogP contribution in [0.2, 0.25) is 0 Å². The summed E-state index contributed by atoms with van der Waals surface area (Å²) >= 11 is 0. The van der Waals surface area contributed by atoms with Gasteiger partial charge in [-0.25, -0.2) is 9.97 Å². The van der Waals surface area contributed by atoms with E-state index in [0.29, 0.717) is 5.88 Å². The Morgan fingerprint density at radius 2 is 1.79 bits per heavy atom. The van der Waals surface area contributed by atoms with Crippen molar-refractivity contribution >= 4 is 5.65 Å². The third-order valence-electron chi connectivity index (χ3n) is 4.06. The molecular formula is C19H16N4O. The molecule has 4 rings (SSSR count). The van der Waals surface area contributed by atoms with E-state index in [1.165, 1.54) is 5.56 Å². The van der Waals surface area contributed by atoms with E-state index in [1.54, 1.807) is 19.5 Å². The maximum Gasteiger partial charge on any atom is 0.212 e. The molecule has 3 heterocycles. The molecule has 0 radical (unpaired) electrons. The highest BCUT2D eigenvalue weighted by molar-refractivity contribution is 5.67. The maximum absolute atomic E-state index is 5.12. The van der Waals surface area contributed by atoms with E-state index in [2.05, 4.69) is 34.0 Å². The summed E-state index contributed by atoms with van der Waals surface area (Å²) in [7, 11) is 1.61. The van der Waals surface area contributed by atoms with Crippen molar-refractivity contribution in [3.8, 4) is 28.4 Å². The first kappa shape index (κ1) is 14.4. The van der Waals surface area contributed by atoms with Gasteiger partial charge < -0.3 is 4.74 Å². The Morgan fingerprint density at radius 1 is 0.917 bits per heavy atom. The third-order valence-corrected chi connectivity index (χ3v) is 4.06. The Balaban J connectivity index is 1.85. The first-order chi connectivity index (χ1) is 11.8. The van der Waals surface area contributed by atoms with Gasteiger partial charge in [-0.1, -0.05) is 24.3 Å². The van der Waals surface area contributed by atoms with E-state index in [1.807, 2.05) is 41.1 Å². The van der Waals surface area contributed by atoms with Crippen LogP contribution in [0.5, 0.6) is 5.88 Å². The fourth-order valence-electron chi connectivity index (χ4n) is 2.75. The monoisotopic (exact) mass is 316 g/mol. The lowest BCUT2D eigenvalue weighted by atomic mass is 10.1. The molecule has 0 amide bonds. The standard InChI is InChI=1S/C19H16N4O/c1-13-5-3-4-6-15(13)16-12-23-17(10-21-18(23)11-20-16)14-7-8-19(24-2)22-9-14/h3-12H,1-2H3.